The number of nitrogens with zero attached hydrogens (tertiary/aromatic N) is 3. The number of carboxylic acid groups (broad SMARTS) is 1. The number of aryl methyl sites for hydroxylation is 2. The Kier molecular flexibility index (Phi) is 6.52. The highest BCUT2D eigenvalue weighted by Gasteiger charge is 2.37. The van der Waals surface area contributed by atoms with Gasteiger partial charge in [0.25, 0.3) is 5.56 Å². The lowest BCUT2D eigenvalue weighted by molar-refractivity contribution is -0.142. The van der Waals surface area contributed by atoms with Crippen LogP contribution in [0.5, 0.6) is 0 Å². The highest BCUT2D eigenvalue weighted by molar-refractivity contribution is 6.32. The average molecular weight is 466 g/mol. The second-order valence-corrected chi connectivity index (χ2v) is 8.49. The summed E-state index contributed by atoms with van der Waals surface area (Å²) in [5.41, 5.74) is -0.501. The van der Waals surface area contributed by atoms with Crippen molar-refractivity contribution in [3.8, 4) is 17.2 Å². The third-order valence-electron chi connectivity index (χ3n) is 5.45. The Morgan fingerprint density at radius 2 is 1.82 bits per heavy atom. The van der Waals surface area contributed by atoms with Gasteiger partial charge in [0.1, 0.15) is 5.82 Å². The fourth-order valence-corrected chi connectivity index (χ4v) is 3.93. The molecule has 0 bridgehead atoms. The number of aromatic nitrogens is 2. The maximum absolute atomic E-state index is 15.3. The van der Waals surface area contributed by atoms with Gasteiger partial charge in [-0.15, -0.1) is 0 Å². The van der Waals surface area contributed by atoms with Crippen LogP contribution in [0.2, 0.25) is 5.02 Å². The number of rotatable bonds is 5. The van der Waals surface area contributed by atoms with E-state index in [1.54, 1.807) is 43.3 Å². The van der Waals surface area contributed by atoms with Gasteiger partial charge in [0.2, 0.25) is 0 Å². The zero-order valence-electron chi connectivity index (χ0n) is 18.5. The molecule has 1 aromatic heterocycles. The van der Waals surface area contributed by atoms with Crippen molar-refractivity contribution in [3.63, 3.8) is 0 Å². The first-order valence-corrected chi connectivity index (χ1v) is 10.3. The second kappa shape index (κ2) is 9.00. The largest absolute Gasteiger partial charge is 0.481 e. The third-order valence-corrected chi connectivity index (χ3v) is 5.78. The van der Waals surface area contributed by atoms with E-state index in [0.717, 1.165) is 16.3 Å². The smallest absolute Gasteiger partial charge is 0.313 e. The molecule has 3 aromatic rings. The first kappa shape index (κ1) is 23.9. The molecule has 3 rings (SSSR count). The molecule has 0 atom stereocenters. The van der Waals surface area contributed by atoms with Gasteiger partial charge < -0.3 is 5.11 Å². The van der Waals surface area contributed by atoms with Gasteiger partial charge in [-0.1, -0.05) is 35.9 Å². The van der Waals surface area contributed by atoms with E-state index < -0.39 is 22.8 Å². The van der Waals surface area contributed by atoms with Crippen LogP contribution in [0.1, 0.15) is 41.8 Å². The van der Waals surface area contributed by atoms with Crippen LogP contribution in [-0.4, -0.2) is 20.9 Å². The van der Waals surface area contributed by atoms with Crippen molar-refractivity contribution in [2.75, 3.05) is 0 Å². The minimum atomic E-state index is -1.53. The van der Waals surface area contributed by atoms with Gasteiger partial charge in [-0.25, -0.2) is 9.07 Å². The molecule has 0 saturated carbocycles. The molecule has 168 valence electrons. The molecule has 0 aliphatic carbocycles. The van der Waals surface area contributed by atoms with Gasteiger partial charge in [-0.3, -0.25) is 9.59 Å². The van der Waals surface area contributed by atoms with Crippen LogP contribution >= 0.6 is 11.6 Å². The summed E-state index contributed by atoms with van der Waals surface area (Å²) in [6.45, 7) is 4.46. The van der Waals surface area contributed by atoms with Crippen LogP contribution in [0.15, 0.2) is 41.2 Å². The van der Waals surface area contributed by atoms with Crippen molar-refractivity contribution >= 4 is 29.7 Å². The van der Waals surface area contributed by atoms with Crippen LogP contribution in [0.25, 0.3) is 23.3 Å². The van der Waals surface area contributed by atoms with Crippen molar-refractivity contribution in [2.45, 2.75) is 26.2 Å². The molecule has 6 nitrogen and oxygen atoms in total. The molecule has 2 aromatic carbocycles. The van der Waals surface area contributed by atoms with Crippen LogP contribution < -0.4 is 5.56 Å². The summed E-state index contributed by atoms with van der Waals surface area (Å²) in [6.07, 6.45) is 3.24. The Labute approximate surface area is 195 Å². The lowest BCUT2D eigenvalue weighted by Gasteiger charge is -2.26. The number of nitriles is 1. The number of hydrogen-bond acceptors (Lipinski definition) is 4. The predicted molar refractivity (Wildman–Crippen MR) is 125 cm³/mol. The number of hydrogen-bond donors (Lipinski definition) is 1. The number of benzene rings is 2. The molecule has 0 saturated heterocycles. The Morgan fingerprint density at radius 1 is 1.18 bits per heavy atom. The van der Waals surface area contributed by atoms with Crippen LogP contribution in [0.3, 0.4) is 0 Å². The molecule has 0 aliphatic heterocycles. The van der Waals surface area contributed by atoms with Crippen molar-refractivity contribution < 1.29 is 14.3 Å². The van der Waals surface area contributed by atoms with Gasteiger partial charge in [0.15, 0.2) is 0 Å². The summed E-state index contributed by atoms with van der Waals surface area (Å²) in [5, 5.41) is 23.1. The summed E-state index contributed by atoms with van der Waals surface area (Å²) < 4.78 is 16.4. The Morgan fingerprint density at radius 3 is 2.39 bits per heavy atom. The summed E-state index contributed by atoms with van der Waals surface area (Å²) in [6, 6.07) is 11.3. The molecule has 1 N–H and O–H groups in total. The first-order chi connectivity index (χ1) is 15.5. The first-order valence-electron chi connectivity index (χ1n) is 9.97. The molecule has 0 spiro atoms. The normalized spacial score (nSPS) is 11.5. The van der Waals surface area contributed by atoms with Gasteiger partial charge in [-0.05, 0) is 50.6 Å². The van der Waals surface area contributed by atoms with Gasteiger partial charge >= 0.3 is 5.97 Å². The average Bonchev–Trinajstić information content (AvgIpc) is 2.77. The van der Waals surface area contributed by atoms with Crippen molar-refractivity contribution in [1.82, 2.24) is 9.78 Å². The zero-order valence-corrected chi connectivity index (χ0v) is 19.2. The van der Waals surface area contributed by atoms with Crippen molar-refractivity contribution in [1.29, 1.82) is 5.26 Å². The van der Waals surface area contributed by atoms with E-state index in [1.807, 2.05) is 6.07 Å². The van der Waals surface area contributed by atoms with E-state index >= 15 is 4.39 Å². The molecule has 0 fully saturated rings. The lowest BCUT2D eigenvalue weighted by Crippen LogP contribution is -2.35. The molecule has 0 radical (unpaired) electrons. The fraction of sp³-hybridized carbons (Fsp3) is 0.200. The summed E-state index contributed by atoms with van der Waals surface area (Å²) in [5.74, 6) is -1.90. The van der Waals surface area contributed by atoms with E-state index in [0.29, 0.717) is 11.3 Å². The molecule has 8 heteroatoms. The Hall–Kier alpha value is -3.76. The standard InChI is InChI=1S/C25H21ClFN3O3/c1-14-22(25(2,3)24(32)33)21(23(31)30(4)29-14)20-17(18(26)11-12-19(20)27)10-9-15-5-7-16(13-28)8-6-15/h5-12H,1-4H3,(H,32,33)/b10-9+. The molecular formula is C25H21ClFN3O3. The Bertz CT molecular complexity index is 1380. The van der Waals surface area contributed by atoms with Gasteiger partial charge in [-0.2, -0.15) is 10.4 Å². The summed E-state index contributed by atoms with van der Waals surface area (Å²) >= 11 is 6.42. The number of carbonyl (C=O) groups is 1. The molecule has 1 heterocycles. The van der Waals surface area contributed by atoms with E-state index in [9.17, 15) is 14.7 Å². The highest BCUT2D eigenvalue weighted by Crippen LogP contribution is 2.38. The van der Waals surface area contributed by atoms with Crippen molar-refractivity contribution in [3.05, 3.63) is 85.5 Å². The fourth-order valence-electron chi connectivity index (χ4n) is 3.71. The molecule has 33 heavy (non-hydrogen) atoms. The minimum absolute atomic E-state index is 0.0946. The van der Waals surface area contributed by atoms with Gasteiger partial charge in [0.05, 0.1) is 28.3 Å². The van der Waals surface area contributed by atoms with Crippen LogP contribution in [-0.2, 0) is 17.3 Å². The maximum Gasteiger partial charge on any atom is 0.313 e. The van der Waals surface area contributed by atoms with E-state index in [2.05, 4.69) is 5.10 Å². The second-order valence-electron chi connectivity index (χ2n) is 8.08. The van der Waals surface area contributed by atoms with E-state index in [4.69, 9.17) is 16.9 Å². The topological polar surface area (TPSA) is 96.0 Å². The van der Waals surface area contributed by atoms with Crippen LogP contribution in [0.4, 0.5) is 4.39 Å². The summed E-state index contributed by atoms with van der Waals surface area (Å²) in [4.78, 5) is 25.3. The quantitative estimate of drug-likeness (QED) is 0.537. The van der Waals surface area contributed by atoms with Crippen LogP contribution in [0, 0.1) is 24.1 Å². The van der Waals surface area contributed by atoms with Gasteiger partial charge in [0, 0.05) is 28.8 Å². The molecular weight excluding hydrogens is 445 g/mol. The number of halogens is 2. The SMILES string of the molecule is Cc1nn(C)c(=O)c(-c2c(F)ccc(Cl)c2/C=C/c2ccc(C#N)cc2)c1C(C)(C)C(=O)O. The monoisotopic (exact) mass is 465 g/mol. The highest BCUT2D eigenvalue weighted by atomic mass is 35.5. The van der Waals surface area contributed by atoms with Crippen molar-refractivity contribution in [2.24, 2.45) is 7.05 Å². The van der Waals surface area contributed by atoms with E-state index in [1.165, 1.54) is 27.0 Å². The zero-order chi connectivity index (χ0) is 24.5. The van der Waals surface area contributed by atoms with E-state index in [-0.39, 0.29) is 27.3 Å². The Balaban J connectivity index is 2.36. The molecule has 0 amide bonds. The minimum Gasteiger partial charge on any atom is -0.481 e. The maximum atomic E-state index is 15.3. The molecule has 0 aliphatic rings. The third kappa shape index (κ3) is 4.43. The number of aliphatic carboxylic acids is 1. The number of carboxylic acids is 1. The predicted octanol–water partition coefficient (Wildman–Crippen LogP) is 4.95. The summed E-state index contributed by atoms with van der Waals surface area (Å²) in [7, 11) is 1.42. The lowest BCUT2D eigenvalue weighted by atomic mass is 9.79. The molecule has 0 unspecified atom stereocenters.